The Balaban J connectivity index is 1.51. The van der Waals surface area contributed by atoms with Crippen LogP contribution in [-0.2, 0) is 11.3 Å². The molecule has 0 saturated carbocycles. The van der Waals surface area contributed by atoms with Crippen LogP contribution in [0.15, 0.2) is 23.2 Å². The smallest absolute Gasteiger partial charge is 0.273 e. The molecule has 0 N–H and O–H groups in total. The quantitative estimate of drug-likeness (QED) is 0.794. The van der Waals surface area contributed by atoms with E-state index in [0.717, 1.165) is 35.7 Å². The molecule has 1 aromatic carbocycles. The highest BCUT2D eigenvalue weighted by Gasteiger charge is 2.51. The Kier molecular flexibility index (Phi) is 2.71. The van der Waals surface area contributed by atoms with Crippen LogP contribution in [0, 0.1) is 5.92 Å². The SMILES string of the molecule is O=C(C1=NCc2c(Cl)cccc21)N1C2CC3CN(CCC31)C2. The van der Waals surface area contributed by atoms with Crippen LogP contribution in [-0.4, -0.2) is 53.1 Å². The number of nitrogens with zero attached hydrogens (tertiary/aromatic N) is 3. The maximum Gasteiger partial charge on any atom is 0.273 e. The van der Waals surface area contributed by atoms with Gasteiger partial charge in [-0.05, 0) is 24.8 Å². The molecule has 1 aromatic rings. The minimum absolute atomic E-state index is 0.127. The van der Waals surface area contributed by atoms with Gasteiger partial charge in [0.05, 0.1) is 6.54 Å². The lowest BCUT2D eigenvalue weighted by Crippen LogP contribution is -2.45. The number of benzene rings is 1. The first-order valence-electron chi connectivity index (χ1n) is 8.09. The normalized spacial score (nSPS) is 34.8. The van der Waals surface area contributed by atoms with Crippen LogP contribution in [0.4, 0.5) is 0 Å². The first-order chi connectivity index (χ1) is 10.7. The summed E-state index contributed by atoms with van der Waals surface area (Å²) in [6.45, 7) is 3.87. The Labute approximate surface area is 134 Å². The van der Waals surface area contributed by atoms with Crippen molar-refractivity contribution in [3.63, 3.8) is 0 Å². The molecule has 3 fully saturated rings. The molecule has 5 rings (SSSR count). The van der Waals surface area contributed by atoms with E-state index >= 15 is 0 Å². The van der Waals surface area contributed by atoms with Crippen molar-refractivity contribution >= 4 is 23.2 Å². The van der Waals surface area contributed by atoms with Crippen LogP contribution in [0.2, 0.25) is 5.02 Å². The van der Waals surface area contributed by atoms with E-state index in [-0.39, 0.29) is 5.91 Å². The predicted molar refractivity (Wildman–Crippen MR) is 85.3 cm³/mol. The van der Waals surface area contributed by atoms with Crippen molar-refractivity contribution < 1.29 is 4.79 Å². The number of amides is 1. The number of rotatable bonds is 1. The average Bonchev–Trinajstić information content (AvgIpc) is 3.01. The van der Waals surface area contributed by atoms with Crippen LogP contribution in [0.1, 0.15) is 24.0 Å². The second-order valence-corrected chi connectivity index (χ2v) is 7.32. The van der Waals surface area contributed by atoms with Gasteiger partial charge in [0.1, 0.15) is 5.71 Å². The summed E-state index contributed by atoms with van der Waals surface area (Å²) in [5.74, 6) is 0.791. The third kappa shape index (κ3) is 1.68. The number of hydrogen-bond acceptors (Lipinski definition) is 3. The molecular formula is C17H18ClN3O. The van der Waals surface area contributed by atoms with Gasteiger partial charge in [0.25, 0.3) is 5.91 Å². The fourth-order valence-electron chi connectivity index (χ4n) is 4.86. The fourth-order valence-corrected chi connectivity index (χ4v) is 5.09. The van der Waals surface area contributed by atoms with Crippen molar-refractivity contribution in [2.45, 2.75) is 31.5 Å². The van der Waals surface area contributed by atoms with Crippen molar-refractivity contribution in [1.82, 2.24) is 9.80 Å². The topological polar surface area (TPSA) is 35.9 Å². The van der Waals surface area contributed by atoms with Gasteiger partial charge in [0.2, 0.25) is 0 Å². The third-order valence-electron chi connectivity index (χ3n) is 5.78. The summed E-state index contributed by atoms with van der Waals surface area (Å²) >= 11 is 6.25. The molecule has 4 heterocycles. The monoisotopic (exact) mass is 315 g/mol. The predicted octanol–water partition coefficient (Wildman–Crippen LogP) is 1.95. The number of carbonyl (C=O) groups is 1. The maximum atomic E-state index is 13.2. The summed E-state index contributed by atoms with van der Waals surface area (Å²) in [5.41, 5.74) is 2.57. The van der Waals surface area contributed by atoms with Crippen LogP contribution >= 0.6 is 11.6 Å². The van der Waals surface area contributed by atoms with E-state index in [1.54, 1.807) is 0 Å². The number of halogens is 1. The van der Waals surface area contributed by atoms with Gasteiger partial charge >= 0.3 is 0 Å². The summed E-state index contributed by atoms with van der Waals surface area (Å²) in [5, 5.41) is 0.719. The van der Waals surface area contributed by atoms with E-state index < -0.39 is 0 Å². The van der Waals surface area contributed by atoms with Crippen molar-refractivity contribution in [2.24, 2.45) is 10.9 Å². The molecule has 3 bridgehead atoms. The van der Waals surface area contributed by atoms with E-state index in [0.29, 0.717) is 30.3 Å². The number of fused-ring (bicyclic) bond motifs is 3. The standard InChI is InChI=1S/C17H18ClN3O/c18-14-3-1-2-12-13(14)7-19-16(12)17(22)21-11-6-10-8-20(9-11)5-4-15(10)21/h1-3,10-11,15H,4-9H2. The van der Waals surface area contributed by atoms with Crippen LogP contribution < -0.4 is 0 Å². The van der Waals surface area contributed by atoms with Gasteiger partial charge in [0, 0.05) is 47.9 Å². The number of likely N-dealkylation sites (tertiary alicyclic amines) is 1. The Morgan fingerprint density at radius 2 is 2.23 bits per heavy atom. The molecule has 5 heteroatoms. The third-order valence-corrected chi connectivity index (χ3v) is 6.13. The molecule has 114 valence electrons. The molecule has 0 aliphatic carbocycles. The zero-order valence-electron chi connectivity index (χ0n) is 12.3. The lowest BCUT2D eigenvalue weighted by atomic mass is 9.89. The van der Waals surface area contributed by atoms with Gasteiger partial charge in [-0.3, -0.25) is 9.79 Å². The van der Waals surface area contributed by atoms with Crippen LogP contribution in [0.25, 0.3) is 0 Å². The molecule has 4 unspecified atom stereocenters. The highest BCUT2D eigenvalue weighted by molar-refractivity contribution is 6.47. The molecule has 0 radical (unpaired) electrons. The number of hydrogen-bond donors (Lipinski definition) is 0. The van der Waals surface area contributed by atoms with Gasteiger partial charge in [-0.15, -0.1) is 0 Å². The molecule has 4 aliphatic heterocycles. The average molecular weight is 316 g/mol. The minimum atomic E-state index is 0.127. The maximum absolute atomic E-state index is 13.2. The Hall–Kier alpha value is -1.39. The van der Waals surface area contributed by atoms with Crippen molar-refractivity contribution in [3.05, 3.63) is 34.3 Å². The van der Waals surface area contributed by atoms with E-state index in [1.807, 2.05) is 18.2 Å². The first kappa shape index (κ1) is 13.1. The van der Waals surface area contributed by atoms with Gasteiger partial charge in [0.15, 0.2) is 0 Å². The summed E-state index contributed by atoms with van der Waals surface area (Å²) < 4.78 is 0. The molecule has 3 saturated heterocycles. The van der Waals surface area contributed by atoms with Crippen molar-refractivity contribution in [1.29, 1.82) is 0 Å². The second kappa shape index (κ2) is 4.56. The molecule has 1 amide bonds. The lowest BCUT2D eigenvalue weighted by Gasteiger charge is -2.35. The van der Waals surface area contributed by atoms with Gasteiger partial charge < -0.3 is 9.80 Å². The zero-order valence-corrected chi connectivity index (χ0v) is 13.1. The Morgan fingerprint density at radius 3 is 3.14 bits per heavy atom. The molecule has 0 aromatic heterocycles. The largest absolute Gasteiger partial charge is 0.330 e. The van der Waals surface area contributed by atoms with Crippen molar-refractivity contribution in [3.8, 4) is 0 Å². The van der Waals surface area contributed by atoms with E-state index in [4.69, 9.17) is 11.6 Å². The fraction of sp³-hybridized carbons (Fsp3) is 0.529. The summed E-state index contributed by atoms with van der Waals surface area (Å²) in [4.78, 5) is 22.4. The lowest BCUT2D eigenvalue weighted by molar-refractivity contribution is -0.126. The highest BCUT2D eigenvalue weighted by atomic mass is 35.5. The first-order valence-corrected chi connectivity index (χ1v) is 8.47. The minimum Gasteiger partial charge on any atom is -0.330 e. The van der Waals surface area contributed by atoms with Gasteiger partial charge in [-0.1, -0.05) is 23.7 Å². The summed E-state index contributed by atoms with van der Waals surface area (Å²) in [6, 6.07) is 6.57. The molecule has 4 aliphatic rings. The van der Waals surface area contributed by atoms with Crippen LogP contribution in [0.5, 0.6) is 0 Å². The van der Waals surface area contributed by atoms with E-state index in [9.17, 15) is 4.79 Å². The van der Waals surface area contributed by atoms with Crippen molar-refractivity contribution in [2.75, 3.05) is 19.6 Å². The second-order valence-electron chi connectivity index (χ2n) is 6.91. The highest BCUT2D eigenvalue weighted by Crippen LogP contribution is 2.41. The molecular weight excluding hydrogens is 298 g/mol. The number of carbonyl (C=O) groups excluding carboxylic acids is 1. The number of piperidine rings is 2. The van der Waals surface area contributed by atoms with Gasteiger partial charge in [-0.25, -0.2) is 0 Å². The van der Waals surface area contributed by atoms with E-state index in [1.165, 1.54) is 13.0 Å². The summed E-state index contributed by atoms with van der Waals surface area (Å²) in [6.07, 6.45) is 2.28. The Morgan fingerprint density at radius 1 is 1.32 bits per heavy atom. The number of aliphatic imine (C=N–C) groups is 1. The van der Waals surface area contributed by atoms with Gasteiger partial charge in [-0.2, -0.15) is 0 Å². The summed E-state index contributed by atoms with van der Waals surface area (Å²) in [7, 11) is 0. The molecule has 22 heavy (non-hydrogen) atoms. The van der Waals surface area contributed by atoms with Crippen LogP contribution in [0.3, 0.4) is 0 Å². The van der Waals surface area contributed by atoms with E-state index in [2.05, 4.69) is 14.8 Å². The molecule has 4 nitrogen and oxygen atoms in total. The molecule has 4 atom stereocenters. The molecule has 0 spiro atoms. The Bertz CT molecular complexity index is 701. The zero-order chi connectivity index (χ0) is 14.8.